The van der Waals surface area contributed by atoms with Crippen molar-refractivity contribution >= 4 is 29.2 Å². The second-order valence-corrected chi connectivity index (χ2v) is 11.7. The van der Waals surface area contributed by atoms with Crippen LogP contribution in [-0.4, -0.2) is 88.2 Å². The van der Waals surface area contributed by atoms with Crippen LogP contribution >= 0.6 is 23.2 Å². The molecule has 2 aromatic rings. The summed E-state index contributed by atoms with van der Waals surface area (Å²) < 4.78 is 38.6. The van der Waals surface area contributed by atoms with Crippen molar-refractivity contribution < 1.29 is 13.2 Å². The Bertz CT molecular complexity index is 1130. The molecule has 2 fully saturated rings. The lowest BCUT2D eigenvalue weighted by atomic mass is 10.1. The van der Waals surface area contributed by atoms with Crippen LogP contribution in [0.5, 0.6) is 0 Å². The highest BCUT2D eigenvalue weighted by molar-refractivity contribution is 6.28. The van der Waals surface area contributed by atoms with Gasteiger partial charge in [-0.15, -0.1) is 0 Å². The number of nitrogens with two attached hydrogens (primary N) is 1. The summed E-state index contributed by atoms with van der Waals surface area (Å²) in [6, 6.07) is 15.8. The maximum Gasteiger partial charge on any atom is 0.416 e. The Balaban J connectivity index is 1.16. The van der Waals surface area contributed by atoms with Crippen LogP contribution in [0.1, 0.15) is 23.1 Å². The fourth-order valence-electron chi connectivity index (χ4n) is 5.57. The molecule has 2 aromatic carbocycles. The van der Waals surface area contributed by atoms with E-state index < -0.39 is 22.0 Å². The van der Waals surface area contributed by atoms with Gasteiger partial charge in [0.25, 0.3) is 0 Å². The van der Waals surface area contributed by atoms with Crippen molar-refractivity contribution in [1.29, 1.82) is 0 Å². The fourth-order valence-corrected chi connectivity index (χ4v) is 6.55. The van der Waals surface area contributed by atoms with Crippen LogP contribution in [0, 0.1) is 0 Å². The summed E-state index contributed by atoms with van der Waals surface area (Å²) >= 11 is 14.3. The minimum absolute atomic E-state index is 0.213. The van der Waals surface area contributed by atoms with Gasteiger partial charge in [-0.25, -0.2) is 4.99 Å². The van der Waals surface area contributed by atoms with Gasteiger partial charge in [0.1, 0.15) is 0 Å². The molecular formula is C27H34Cl2F3N7. The van der Waals surface area contributed by atoms with Gasteiger partial charge in [0.15, 0.2) is 16.2 Å². The molecule has 2 saturated heterocycles. The zero-order valence-corrected chi connectivity index (χ0v) is 23.2. The van der Waals surface area contributed by atoms with E-state index in [4.69, 9.17) is 28.9 Å². The van der Waals surface area contributed by atoms with Crippen LogP contribution < -0.4 is 11.1 Å². The van der Waals surface area contributed by atoms with Crippen molar-refractivity contribution in [2.75, 3.05) is 52.4 Å². The third-order valence-corrected chi connectivity index (χ3v) is 8.66. The first kappa shape index (κ1) is 28.4. The summed E-state index contributed by atoms with van der Waals surface area (Å²) in [6.45, 7) is 7.43. The monoisotopic (exact) mass is 583 g/mol. The molecule has 3 aliphatic rings. The van der Waals surface area contributed by atoms with E-state index in [1.807, 2.05) is 6.07 Å². The van der Waals surface area contributed by atoms with E-state index in [1.54, 1.807) is 0 Å². The van der Waals surface area contributed by atoms with E-state index in [9.17, 15) is 13.2 Å². The Hall–Kier alpha value is -2.08. The minimum atomic E-state index is -4.33. The molecular weight excluding hydrogens is 550 g/mol. The van der Waals surface area contributed by atoms with E-state index in [-0.39, 0.29) is 5.96 Å². The van der Waals surface area contributed by atoms with Gasteiger partial charge in [0, 0.05) is 65.4 Å². The van der Waals surface area contributed by atoms with Gasteiger partial charge >= 0.3 is 6.18 Å². The van der Waals surface area contributed by atoms with E-state index in [2.05, 4.69) is 54.2 Å². The largest absolute Gasteiger partial charge is 0.416 e. The number of hydrogen-bond donors (Lipinski definition) is 2. The van der Waals surface area contributed by atoms with Crippen LogP contribution in [0.2, 0.25) is 0 Å². The number of hydrogen-bond acceptors (Lipinski definition) is 7. The standard InChI is InChI=1S/C27H34Cl2F3N7/c28-25(38-14-10-36(11-15-38)18-21-4-2-1-3-5-21)20-26(29,35-24(33)34-25)39-16-12-37(13-17-39)19-22-6-8-23(9-7-22)27(30,31)32/h1-9H,10-20H2,(H3,33,34,35). The highest BCUT2D eigenvalue weighted by Gasteiger charge is 2.51. The van der Waals surface area contributed by atoms with Crippen LogP contribution in [0.25, 0.3) is 0 Å². The maximum atomic E-state index is 12.9. The first-order valence-corrected chi connectivity index (χ1v) is 13.9. The van der Waals surface area contributed by atoms with Gasteiger partial charge in [-0.05, 0) is 23.3 Å². The average molecular weight is 585 g/mol. The van der Waals surface area contributed by atoms with Crippen LogP contribution in [0.3, 0.4) is 0 Å². The molecule has 2 atom stereocenters. The van der Waals surface area contributed by atoms with Gasteiger partial charge < -0.3 is 11.1 Å². The molecule has 212 valence electrons. The first-order chi connectivity index (χ1) is 18.5. The third-order valence-electron chi connectivity index (χ3n) is 7.74. The molecule has 0 aliphatic carbocycles. The van der Waals surface area contributed by atoms with Crippen molar-refractivity contribution in [3.05, 3.63) is 71.3 Å². The van der Waals surface area contributed by atoms with Crippen LogP contribution in [-0.2, 0) is 19.3 Å². The Morgan fingerprint density at radius 2 is 1.28 bits per heavy atom. The second-order valence-electron chi connectivity index (χ2n) is 10.5. The van der Waals surface area contributed by atoms with E-state index in [0.717, 1.165) is 50.4 Å². The van der Waals surface area contributed by atoms with Crippen molar-refractivity contribution in [1.82, 2.24) is 24.9 Å². The Kier molecular flexibility index (Phi) is 8.33. The highest BCUT2D eigenvalue weighted by atomic mass is 35.5. The SMILES string of the molecule is NC1=NC(Cl)(N2CCN(Cc3ccc(C(F)(F)F)cc3)CC2)CC(Cl)(N2CCN(Cc3ccccc3)CC2)N1. The molecule has 3 aliphatic heterocycles. The highest BCUT2D eigenvalue weighted by Crippen LogP contribution is 2.40. The zero-order chi connectivity index (χ0) is 27.7. The molecule has 5 rings (SSSR count). The van der Waals surface area contributed by atoms with Crippen LogP contribution in [0.4, 0.5) is 13.2 Å². The number of alkyl halides is 5. The van der Waals surface area contributed by atoms with Crippen molar-refractivity contribution in [2.45, 2.75) is 35.9 Å². The number of benzene rings is 2. The molecule has 3 N–H and O–H groups in total. The zero-order valence-electron chi connectivity index (χ0n) is 21.7. The summed E-state index contributed by atoms with van der Waals surface area (Å²) in [5.74, 6) is 0.213. The number of rotatable bonds is 6. The quantitative estimate of drug-likeness (QED) is 0.399. The molecule has 39 heavy (non-hydrogen) atoms. The van der Waals surface area contributed by atoms with Gasteiger partial charge in [0.05, 0.1) is 12.0 Å². The number of halogens is 5. The molecule has 12 heteroatoms. The molecule has 0 aromatic heterocycles. The molecule has 3 heterocycles. The minimum Gasteiger partial charge on any atom is -0.370 e. The molecule has 2 unspecified atom stereocenters. The fraction of sp³-hybridized carbons (Fsp3) is 0.519. The predicted molar refractivity (Wildman–Crippen MR) is 148 cm³/mol. The summed E-state index contributed by atoms with van der Waals surface area (Å²) in [6.07, 6.45) is -3.98. The number of nitrogens with zero attached hydrogens (tertiary/aromatic N) is 5. The number of nitrogens with one attached hydrogen (secondary N) is 1. The Labute approximate surface area is 237 Å². The molecule has 0 bridgehead atoms. The van der Waals surface area contributed by atoms with Crippen molar-refractivity contribution in [3.63, 3.8) is 0 Å². The summed E-state index contributed by atoms with van der Waals surface area (Å²) in [5, 5.41) is 1.14. The predicted octanol–water partition coefficient (Wildman–Crippen LogP) is 3.73. The van der Waals surface area contributed by atoms with Gasteiger partial charge in [0.2, 0.25) is 0 Å². The number of piperazine rings is 2. The number of aliphatic imine (C=N–C) groups is 1. The topological polar surface area (TPSA) is 63.4 Å². The molecule has 0 spiro atoms. The third kappa shape index (κ3) is 6.81. The van der Waals surface area contributed by atoms with E-state index >= 15 is 0 Å². The molecule has 0 saturated carbocycles. The molecule has 7 nitrogen and oxygen atoms in total. The smallest absolute Gasteiger partial charge is 0.370 e. The summed E-state index contributed by atoms with van der Waals surface area (Å²) in [7, 11) is 0. The first-order valence-electron chi connectivity index (χ1n) is 13.2. The lowest BCUT2D eigenvalue weighted by molar-refractivity contribution is -0.137. The van der Waals surface area contributed by atoms with E-state index in [1.165, 1.54) is 17.7 Å². The van der Waals surface area contributed by atoms with Gasteiger partial charge in [-0.2, -0.15) is 13.2 Å². The second kappa shape index (κ2) is 11.4. The maximum absolute atomic E-state index is 12.9. The molecule has 0 amide bonds. The average Bonchev–Trinajstić information content (AvgIpc) is 2.89. The summed E-state index contributed by atoms with van der Waals surface area (Å²) in [5.41, 5.74) is 7.71. The van der Waals surface area contributed by atoms with Crippen molar-refractivity contribution in [2.24, 2.45) is 10.7 Å². The Morgan fingerprint density at radius 3 is 1.82 bits per heavy atom. The van der Waals surface area contributed by atoms with Gasteiger partial charge in [-0.1, -0.05) is 65.7 Å². The van der Waals surface area contributed by atoms with Gasteiger partial charge in [-0.3, -0.25) is 19.6 Å². The normalized spacial score (nSPS) is 28.2. The number of guanidine groups is 1. The Morgan fingerprint density at radius 1 is 0.769 bits per heavy atom. The van der Waals surface area contributed by atoms with Crippen molar-refractivity contribution in [3.8, 4) is 0 Å². The molecule has 0 radical (unpaired) electrons. The van der Waals surface area contributed by atoms with E-state index in [0.29, 0.717) is 39.1 Å². The lowest BCUT2D eigenvalue weighted by Crippen LogP contribution is -2.69. The summed E-state index contributed by atoms with van der Waals surface area (Å²) in [4.78, 5) is 13.5. The lowest BCUT2D eigenvalue weighted by Gasteiger charge is -2.51. The van der Waals surface area contributed by atoms with Crippen LogP contribution in [0.15, 0.2) is 59.6 Å².